The van der Waals surface area contributed by atoms with Crippen LogP contribution in [0.3, 0.4) is 0 Å². The third-order valence-corrected chi connectivity index (χ3v) is 5.10. The average molecular weight is 494 g/mol. The van der Waals surface area contributed by atoms with E-state index in [0.717, 1.165) is 44.1 Å². The summed E-state index contributed by atoms with van der Waals surface area (Å²) in [5.41, 5.74) is 4.96. The quantitative estimate of drug-likeness (QED) is 0.229. The lowest BCUT2D eigenvalue weighted by Gasteiger charge is -2.12. The molecule has 3 rings (SSSR count). The minimum Gasteiger partial charge on any atom is -0.356 e. The van der Waals surface area contributed by atoms with E-state index in [1.165, 1.54) is 22.2 Å². The van der Waals surface area contributed by atoms with Gasteiger partial charge in [0.15, 0.2) is 5.96 Å². The van der Waals surface area contributed by atoms with E-state index in [1.807, 2.05) is 18.8 Å². The highest BCUT2D eigenvalue weighted by molar-refractivity contribution is 14.0. The second-order valence-electron chi connectivity index (χ2n) is 6.87. The van der Waals surface area contributed by atoms with Crippen molar-refractivity contribution < 1.29 is 0 Å². The van der Waals surface area contributed by atoms with Crippen molar-refractivity contribution in [3.05, 3.63) is 53.5 Å². The lowest BCUT2D eigenvalue weighted by Crippen LogP contribution is -2.39. The van der Waals surface area contributed by atoms with Crippen molar-refractivity contribution in [3.8, 4) is 0 Å². The van der Waals surface area contributed by atoms with Crippen LogP contribution in [0, 0.1) is 13.8 Å². The number of aliphatic imine (C=N–C) groups is 1. The Morgan fingerprint density at radius 2 is 1.86 bits per heavy atom. The van der Waals surface area contributed by atoms with E-state index in [4.69, 9.17) is 0 Å². The first-order valence-electron chi connectivity index (χ1n) is 9.57. The summed E-state index contributed by atoms with van der Waals surface area (Å²) in [6.45, 7) is 6.91. The molecule has 28 heavy (non-hydrogen) atoms. The van der Waals surface area contributed by atoms with E-state index in [-0.39, 0.29) is 24.0 Å². The molecule has 0 spiro atoms. The SMILES string of the molecule is CN=C(NCCCn1ccc2ccccc21)NCCc1c(C)nn(C)c1C.I. The predicted molar refractivity (Wildman–Crippen MR) is 128 cm³/mol. The van der Waals surface area contributed by atoms with Crippen molar-refractivity contribution in [1.82, 2.24) is 25.0 Å². The molecular formula is C21H31IN6. The number of hydrogen-bond donors (Lipinski definition) is 2. The zero-order valence-electron chi connectivity index (χ0n) is 17.2. The number of hydrogen-bond acceptors (Lipinski definition) is 2. The first-order chi connectivity index (χ1) is 13.1. The molecule has 0 bridgehead atoms. The Balaban J connectivity index is 0.00000280. The van der Waals surface area contributed by atoms with Crippen LogP contribution in [0.5, 0.6) is 0 Å². The Kier molecular flexibility index (Phi) is 8.35. The molecule has 0 fully saturated rings. The van der Waals surface area contributed by atoms with Gasteiger partial charge in [-0.15, -0.1) is 24.0 Å². The molecule has 2 aromatic heterocycles. The molecule has 3 aromatic rings. The van der Waals surface area contributed by atoms with E-state index >= 15 is 0 Å². The number of para-hydroxylation sites is 1. The fourth-order valence-corrected chi connectivity index (χ4v) is 3.50. The Bertz CT molecular complexity index is 924. The minimum absolute atomic E-state index is 0. The lowest BCUT2D eigenvalue weighted by molar-refractivity contribution is 0.640. The Labute approximate surface area is 184 Å². The zero-order chi connectivity index (χ0) is 19.2. The van der Waals surface area contributed by atoms with Crippen molar-refractivity contribution in [3.63, 3.8) is 0 Å². The smallest absolute Gasteiger partial charge is 0.190 e. The van der Waals surface area contributed by atoms with Crippen molar-refractivity contribution in [2.75, 3.05) is 20.1 Å². The van der Waals surface area contributed by atoms with Crippen LogP contribution in [0.2, 0.25) is 0 Å². The van der Waals surface area contributed by atoms with Gasteiger partial charge in [-0.05, 0) is 49.8 Å². The summed E-state index contributed by atoms with van der Waals surface area (Å²) < 4.78 is 4.25. The van der Waals surface area contributed by atoms with Crippen LogP contribution < -0.4 is 10.6 Å². The third kappa shape index (κ3) is 5.27. The van der Waals surface area contributed by atoms with Crippen LogP contribution in [0.4, 0.5) is 0 Å². The highest BCUT2D eigenvalue weighted by Gasteiger charge is 2.09. The Morgan fingerprint density at radius 1 is 1.11 bits per heavy atom. The molecule has 2 heterocycles. The van der Waals surface area contributed by atoms with Gasteiger partial charge in [0.25, 0.3) is 0 Å². The van der Waals surface area contributed by atoms with Gasteiger partial charge in [-0.1, -0.05) is 18.2 Å². The molecular weight excluding hydrogens is 463 g/mol. The molecule has 152 valence electrons. The van der Waals surface area contributed by atoms with E-state index in [9.17, 15) is 0 Å². The summed E-state index contributed by atoms with van der Waals surface area (Å²) in [6.07, 6.45) is 4.15. The first kappa shape index (κ1) is 22.3. The molecule has 0 radical (unpaired) electrons. The summed E-state index contributed by atoms with van der Waals surface area (Å²) in [7, 11) is 3.81. The van der Waals surface area contributed by atoms with Gasteiger partial charge < -0.3 is 15.2 Å². The Morgan fingerprint density at radius 3 is 2.57 bits per heavy atom. The summed E-state index contributed by atoms with van der Waals surface area (Å²) >= 11 is 0. The number of rotatable bonds is 7. The molecule has 0 saturated carbocycles. The average Bonchev–Trinajstić information content (AvgIpc) is 3.19. The summed E-state index contributed by atoms with van der Waals surface area (Å²) in [5.74, 6) is 0.853. The van der Waals surface area contributed by atoms with Gasteiger partial charge in [0.05, 0.1) is 5.69 Å². The minimum atomic E-state index is 0. The predicted octanol–water partition coefficient (Wildman–Crippen LogP) is 3.41. The van der Waals surface area contributed by atoms with Crippen molar-refractivity contribution >= 4 is 40.8 Å². The van der Waals surface area contributed by atoms with Crippen LogP contribution in [0.15, 0.2) is 41.5 Å². The number of guanidine groups is 1. The van der Waals surface area contributed by atoms with Gasteiger partial charge >= 0.3 is 0 Å². The molecule has 0 amide bonds. The molecule has 7 heteroatoms. The molecule has 6 nitrogen and oxygen atoms in total. The van der Waals surface area contributed by atoms with Gasteiger partial charge in [0.2, 0.25) is 0 Å². The molecule has 0 unspecified atom stereocenters. The first-order valence-corrected chi connectivity index (χ1v) is 9.57. The summed E-state index contributed by atoms with van der Waals surface area (Å²) in [6, 6.07) is 10.7. The normalized spacial score (nSPS) is 11.5. The second kappa shape index (κ2) is 10.5. The highest BCUT2D eigenvalue weighted by atomic mass is 127. The summed E-state index contributed by atoms with van der Waals surface area (Å²) in [4.78, 5) is 4.32. The number of nitrogens with one attached hydrogen (secondary N) is 2. The van der Waals surface area contributed by atoms with E-state index < -0.39 is 0 Å². The molecule has 0 aliphatic heterocycles. The topological polar surface area (TPSA) is 59.2 Å². The zero-order valence-corrected chi connectivity index (χ0v) is 19.5. The van der Waals surface area contributed by atoms with Crippen LogP contribution in [0.25, 0.3) is 10.9 Å². The third-order valence-electron chi connectivity index (χ3n) is 5.10. The second-order valence-corrected chi connectivity index (χ2v) is 6.87. The number of aryl methyl sites for hydroxylation is 3. The Hall–Kier alpha value is -2.03. The van der Waals surface area contributed by atoms with E-state index in [0.29, 0.717) is 0 Å². The standard InChI is InChI=1S/C21H30N6.HI/c1-16-19(17(2)26(4)25-16)10-13-24-21(22-3)23-12-7-14-27-15-11-18-8-5-6-9-20(18)27;/h5-6,8-9,11,15H,7,10,12-14H2,1-4H3,(H2,22,23,24);1H. The molecule has 0 atom stereocenters. The number of benzene rings is 1. The maximum Gasteiger partial charge on any atom is 0.190 e. The number of fused-ring (bicyclic) bond motifs is 1. The molecule has 2 N–H and O–H groups in total. The van der Waals surface area contributed by atoms with Crippen molar-refractivity contribution in [2.45, 2.75) is 33.2 Å². The number of aromatic nitrogens is 3. The van der Waals surface area contributed by atoms with Crippen LogP contribution >= 0.6 is 24.0 Å². The van der Waals surface area contributed by atoms with E-state index in [1.54, 1.807) is 0 Å². The van der Waals surface area contributed by atoms with Gasteiger partial charge in [-0.2, -0.15) is 5.10 Å². The van der Waals surface area contributed by atoms with Gasteiger partial charge in [-0.25, -0.2) is 0 Å². The maximum atomic E-state index is 4.48. The van der Waals surface area contributed by atoms with E-state index in [2.05, 4.69) is 75.7 Å². The largest absolute Gasteiger partial charge is 0.356 e. The molecule has 1 aromatic carbocycles. The number of nitrogens with zero attached hydrogens (tertiary/aromatic N) is 4. The van der Waals surface area contributed by atoms with Gasteiger partial charge in [0.1, 0.15) is 0 Å². The van der Waals surface area contributed by atoms with Crippen molar-refractivity contribution in [1.29, 1.82) is 0 Å². The van der Waals surface area contributed by atoms with Crippen LogP contribution in [0.1, 0.15) is 23.4 Å². The van der Waals surface area contributed by atoms with Gasteiger partial charge in [-0.3, -0.25) is 9.67 Å². The molecule has 0 aliphatic carbocycles. The highest BCUT2D eigenvalue weighted by Crippen LogP contribution is 2.15. The van der Waals surface area contributed by atoms with Gasteiger partial charge in [0, 0.05) is 51.1 Å². The maximum absolute atomic E-state index is 4.48. The fraction of sp³-hybridized carbons (Fsp3) is 0.429. The molecule has 0 aliphatic rings. The van der Waals surface area contributed by atoms with Crippen LogP contribution in [-0.2, 0) is 20.0 Å². The van der Waals surface area contributed by atoms with Crippen LogP contribution in [-0.4, -0.2) is 40.4 Å². The number of halogens is 1. The molecule has 0 saturated heterocycles. The summed E-state index contributed by atoms with van der Waals surface area (Å²) in [5, 5.41) is 12.6. The fourth-order valence-electron chi connectivity index (χ4n) is 3.50. The monoisotopic (exact) mass is 494 g/mol. The van der Waals surface area contributed by atoms with Crippen molar-refractivity contribution in [2.24, 2.45) is 12.0 Å². The lowest BCUT2D eigenvalue weighted by atomic mass is 10.1.